The van der Waals surface area contributed by atoms with E-state index in [1.54, 1.807) is 27.8 Å². The highest BCUT2D eigenvalue weighted by molar-refractivity contribution is 5.92. The Kier molecular flexibility index (Phi) is 13.5. The van der Waals surface area contributed by atoms with Crippen LogP contribution < -0.4 is 16.0 Å². The summed E-state index contributed by atoms with van der Waals surface area (Å²) < 4.78 is 0. The molecule has 0 fully saturated rings. The number of carbonyl (C=O) groups excluding carboxylic acids is 3. The molecule has 2 amide bonds. The number of ketones is 1. The van der Waals surface area contributed by atoms with E-state index in [4.69, 9.17) is 0 Å². The van der Waals surface area contributed by atoms with Crippen LogP contribution in [0.4, 0.5) is 0 Å². The van der Waals surface area contributed by atoms with Gasteiger partial charge in [0.15, 0.2) is 5.78 Å². The summed E-state index contributed by atoms with van der Waals surface area (Å²) in [6, 6.07) is -1.52. The van der Waals surface area contributed by atoms with E-state index in [1.807, 2.05) is 0 Å². The van der Waals surface area contributed by atoms with Crippen LogP contribution in [0.1, 0.15) is 61.3 Å². The Morgan fingerprint density at radius 3 is 1.61 bits per heavy atom. The molecular weight excluding hydrogens is 294 g/mol. The molecule has 0 saturated carbocycles. The molecule has 3 atom stereocenters. The topological polar surface area (TPSA) is 87.3 Å². The minimum Gasteiger partial charge on any atom is -0.345 e. The summed E-state index contributed by atoms with van der Waals surface area (Å²) in [7, 11) is 1.67. The van der Waals surface area contributed by atoms with Gasteiger partial charge in [0.2, 0.25) is 11.8 Å². The zero-order valence-electron chi connectivity index (χ0n) is 15.9. The van der Waals surface area contributed by atoms with E-state index in [2.05, 4.69) is 36.7 Å². The van der Waals surface area contributed by atoms with Crippen LogP contribution in [0.3, 0.4) is 0 Å². The second kappa shape index (κ2) is 13.0. The molecule has 6 heteroatoms. The molecule has 6 nitrogen and oxygen atoms in total. The van der Waals surface area contributed by atoms with E-state index in [9.17, 15) is 14.4 Å². The molecular formula is C17H35N3O3. The van der Waals surface area contributed by atoms with Crippen molar-refractivity contribution in [3.63, 3.8) is 0 Å². The lowest BCUT2D eigenvalue weighted by Gasteiger charge is -2.20. The molecule has 0 aromatic rings. The Morgan fingerprint density at radius 2 is 1.30 bits per heavy atom. The Balaban J connectivity index is 0. The molecule has 0 aromatic carbocycles. The van der Waals surface area contributed by atoms with Crippen LogP contribution in [0.25, 0.3) is 0 Å². The number of carbonyl (C=O) groups is 3. The van der Waals surface area contributed by atoms with Crippen LogP contribution in [0.5, 0.6) is 0 Å². The van der Waals surface area contributed by atoms with E-state index in [0.717, 1.165) is 5.92 Å². The first kappa shape index (κ1) is 23.8. The molecule has 0 radical (unpaired) electrons. The van der Waals surface area contributed by atoms with Crippen molar-refractivity contribution in [1.82, 2.24) is 16.0 Å². The monoisotopic (exact) mass is 329 g/mol. The Hall–Kier alpha value is -1.43. The van der Waals surface area contributed by atoms with Gasteiger partial charge in [0, 0.05) is 0 Å². The Labute approximate surface area is 141 Å². The van der Waals surface area contributed by atoms with Crippen LogP contribution in [0.15, 0.2) is 0 Å². The number of nitrogens with one attached hydrogen (secondary N) is 3. The van der Waals surface area contributed by atoms with Gasteiger partial charge in [-0.15, -0.1) is 0 Å². The molecule has 0 spiro atoms. The van der Waals surface area contributed by atoms with Crippen molar-refractivity contribution in [2.75, 3.05) is 7.05 Å². The van der Waals surface area contributed by atoms with Crippen molar-refractivity contribution >= 4 is 17.6 Å². The fourth-order valence-electron chi connectivity index (χ4n) is 1.20. The number of amides is 2. The highest BCUT2D eigenvalue weighted by Gasteiger charge is 2.23. The smallest absolute Gasteiger partial charge is 0.243 e. The van der Waals surface area contributed by atoms with Crippen LogP contribution in [0.2, 0.25) is 0 Å². The van der Waals surface area contributed by atoms with Crippen LogP contribution in [-0.4, -0.2) is 42.8 Å². The first-order valence-electron chi connectivity index (χ1n) is 8.38. The van der Waals surface area contributed by atoms with E-state index in [0.29, 0.717) is 6.42 Å². The summed E-state index contributed by atoms with van der Waals surface area (Å²) in [6.45, 7) is 13.2. The molecule has 0 saturated heterocycles. The summed E-state index contributed by atoms with van der Waals surface area (Å²) in [5.74, 6) is 0.190. The summed E-state index contributed by atoms with van der Waals surface area (Å²) in [6.07, 6.45) is 1.78. The zero-order valence-corrected chi connectivity index (χ0v) is 15.9. The first-order valence-corrected chi connectivity index (χ1v) is 8.38. The van der Waals surface area contributed by atoms with Crippen LogP contribution >= 0.6 is 0 Å². The van der Waals surface area contributed by atoms with Gasteiger partial charge in [-0.05, 0) is 40.2 Å². The lowest BCUT2D eigenvalue weighted by molar-refractivity contribution is -0.131. The highest BCUT2D eigenvalue weighted by atomic mass is 16.2. The van der Waals surface area contributed by atoms with Gasteiger partial charge in [-0.1, -0.05) is 34.1 Å². The fourth-order valence-corrected chi connectivity index (χ4v) is 1.20. The van der Waals surface area contributed by atoms with Crippen molar-refractivity contribution in [3.05, 3.63) is 0 Å². The predicted octanol–water partition coefficient (Wildman–Crippen LogP) is 1.64. The molecule has 3 N–H and O–H groups in total. The number of likely N-dealkylation sites (N-methyl/N-ethyl adjacent to an activating group) is 1. The summed E-state index contributed by atoms with van der Waals surface area (Å²) >= 11 is 0. The predicted molar refractivity (Wildman–Crippen MR) is 94.2 cm³/mol. The van der Waals surface area contributed by atoms with E-state index in [-0.39, 0.29) is 23.6 Å². The lowest BCUT2D eigenvalue weighted by atomic mass is 10.1. The maximum Gasteiger partial charge on any atom is 0.243 e. The average Bonchev–Trinajstić information content (AvgIpc) is 2.51. The van der Waals surface area contributed by atoms with E-state index >= 15 is 0 Å². The van der Waals surface area contributed by atoms with Crippen LogP contribution in [-0.2, 0) is 14.4 Å². The summed E-state index contributed by atoms with van der Waals surface area (Å²) in [5.41, 5.74) is 0. The molecule has 0 aliphatic rings. The molecule has 0 aliphatic carbocycles. The molecule has 136 valence electrons. The standard InChI is InChI=1S/C12H23N3O3.C5H12/c1-6-10(15-11(17)8(3)13-5)12(18)14-7(2)9(4)16;1-4-5(2)3/h7-8,10,13H,6H2,1-5H3,(H,14,18)(H,15,17);5H,4H2,1-3H3. The van der Waals surface area contributed by atoms with Gasteiger partial charge in [-0.25, -0.2) is 0 Å². The van der Waals surface area contributed by atoms with Crippen molar-refractivity contribution in [2.24, 2.45) is 5.92 Å². The summed E-state index contributed by atoms with van der Waals surface area (Å²) in [4.78, 5) is 34.5. The van der Waals surface area contributed by atoms with E-state index < -0.39 is 12.1 Å². The Bertz CT molecular complexity index is 370. The minimum absolute atomic E-state index is 0.117. The lowest BCUT2D eigenvalue weighted by Crippen LogP contribution is -2.53. The zero-order chi connectivity index (χ0) is 18.6. The third-order valence-corrected chi connectivity index (χ3v) is 3.65. The maximum atomic E-state index is 11.8. The average molecular weight is 329 g/mol. The van der Waals surface area contributed by atoms with Crippen molar-refractivity contribution < 1.29 is 14.4 Å². The van der Waals surface area contributed by atoms with Gasteiger partial charge in [-0.2, -0.15) is 0 Å². The molecule has 0 rings (SSSR count). The molecule has 0 aliphatic heterocycles. The molecule has 0 aromatic heterocycles. The van der Waals surface area contributed by atoms with Gasteiger partial charge in [0.1, 0.15) is 6.04 Å². The van der Waals surface area contributed by atoms with Crippen molar-refractivity contribution in [3.8, 4) is 0 Å². The third-order valence-electron chi connectivity index (χ3n) is 3.65. The second-order valence-corrected chi connectivity index (χ2v) is 6.12. The molecule has 0 bridgehead atoms. The highest BCUT2D eigenvalue weighted by Crippen LogP contribution is 1.95. The van der Waals surface area contributed by atoms with Gasteiger partial charge in [0.25, 0.3) is 0 Å². The number of Topliss-reactive ketones (excluding diaryl/α,β-unsaturated/α-hetero) is 1. The van der Waals surface area contributed by atoms with Gasteiger partial charge in [0.05, 0.1) is 12.1 Å². The Morgan fingerprint density at radius 1 is 0.826 bits per heavy atom. The second-order valence-electron chi connectivity index (χ2n) is 6.12. The van der Waals surface area contributed by atoms with Crippen LogP contribution in [0, 0.1) is 5.92 Å². The molecule has 23 heavy (non-hydrogen) atoms. The normalized spacial score (nSPS) is 14.1. The largest absolute Gasteiger partial charge is 0.345 e. The summed E-state index contributed by atoms with van der Waals surface area (Å²) in [5, 5.41) is 8.00. The third kappa shape index (κ3) is 11.8. The van der Waals surface area contributed by atoms with Gasteiger partial charge in [-0.3, -0.25) is 14.4 Å². The van der Waals surface area contributed by atoms with Gasteiger partial charge < -0.3 is 16.0 Å². The van der Waals surface area contributed by atoms with Crippen molar-refractivity contribution in [1.29, 1.82) is 0 Å². The number of rotatable bonds is 8. The van der Waals surface area contributed by atoms with Gasteiger partial charge >= 0.3 is 0 Å². The number of hydrogen-bond acceptors (Lipinski definition) is 4. The molecule has 0 heterocycles. The fraction of sp³-hybridized carbons (Fsp3) is 0.824. The minimum atomic E-state index is -0.616. The van der Waals surface area contributed by atoms with Crippen molar-refractivity contribution in [2.45, 2.75) is 79.4 Å². The number of hydrogen-bond donors (Lipinski definition) is 3. The first-order chi connectivity index (χ1) is 10.6. The maximum absolute atomic E-state index is 11.8. The van der Waals surface area contributed by atoms with E-state index in [1.165, 1.54) is 13.3 Å². The quantitative estimate of drug-likeness (QED) is 0.632. The molecule has 3 unspecified atom stereocenters. The SMILES string of the molecule is CCC(C)C.CCC(NC(=O)C(C)NC)C(=O)NC(C)C(C)=O.